The van der Waals surface area contributed by atoms with Gasteiger partial charge in [0.2, 0.25) is 0 Å². The SMILES string of the molecule is N#Cc1ccc(C(=O)N(CC(=O)O)CC(F)(F)F)cc1. The van der Waals surface area contributed by atoms with Crippen LogP contribution >= 0.6 is 0 Å². The molecule has 0 atom stereocenters. The summed E-state index contributed by atoms with van der Waals surface area (Å²) in [6.45, 7) is -2.71. The van der Waals surface area contributed by atoms with Crippen LogP contribution in [0, 0.1) is 11.3 Å². The lowest BCUT2D eigenvalue weighted by Crippen LogP contribution is -2.42. The number of nitrogens with zero attached hydrogens (tertiary/aromatic N) is 2. The van der Waals surface area contributed by atoms with Gasteiger partial charge in [-0.3, -0.25) is 9.59 Å². The van der Waals surface area contributed by atoms with E-state index in [1.54, 1.807) is 6.07 Å². The van der Waals surface area contributed by atoms with Crippen LogP contribution in [-0.4, -0.2) is 41.1 Å². The number of rotatable bonds is 4. The monoisotopic (exact) mass is 286 g/mol. The highest BCUT2D eigenvalue weighted by atomic mass is 19.4. The largest absolute Gasteiger partial charge is 0.480 e. The third-order valence-corrected chi connectivity index (χ3v) is 2.24. The number of aliphatic carboxylic acids is 1. The van der Waals surface area contributed by atoms with E-state index < -0.39 is 31.1 Å². The van der Waals surface area contributed by atoms with Crippen molar-refractivity contribution in [3.63, 3.8) is 0 Å². The Kier molecular flexibility index (Phi) is 4.69. The van der Waals surface area contributed by atoms with Gasteiger partial charge in [0.15, 0.2) is 0 Å². The van der Waals surface area contributed by atoms with E-state index in [2.05, 4.69) is 0 Å². The Bertz CT molecular complexity index is 547. The zero-order valence-corrected chi connectivity index (χ0v) is 10.0. The minimum atomic E-state index is -4.70. The summed E-state index contributed by atoms with van der Waals surface area (Å²) in [6, 6.07) is 6.67. The number of alkyl halides is 3. The average molecular weight is 286 g/mol. The van der Waals surface area contributed by atoms with Crippen LogP contribution in [0.1, 0.15) is 15.9 Å². The molecular formula is C12H9F3N2O3. The summed E-state index contributed by atoms with van der Waals surface area (Å²) in [6.07, 6.45) is -4.70. The summed E-state index contributed by atoms with van der Waals surface area (Å²) in [5, 5.41) is 17.1. The van der Waals surface area contributed by atoms with E-state index in [4.69, 9.17) is 10.4 Å². The number of hydrogen-bond acceptors (Lipinski definition) is 3. The molecular weight excluding hydrogens is 277 g/mol. The van der Waals surface area contributed by atoms with E-state index in [0.29, 0.717) is 0 Å². The van der Waals surface area contributed by atoms with Crippen molar-refractivity contribution in [1.29, 1.82) is 5.26 Å². The molecule has 0 aromatic heterocycles. The first-order valence-electron chi connectivity index (χ1n) is 5.31. The molecule has 0 unspecified atom stereocenters. The van der Waals surface area contributed by atoms with Gasteiger partial charge in [0.1, 0.15) is 13.1 Å². The molecule has 1 rings (SSSR count). The summed E-state index contributed by atoms with van der Waals surface area (Å²) < 4.78 is 37.0. The van der Waals surface area contributed by atoms with Gasteiger partial charge >= 0.3 is 12.1 Å². The van der Waals surface area contributed by atoms with Crippen LogP contribution in [0.4, 0.5) is 13.2 Å². The molecule has 0 fully saturated rings. The number of amides is 1. The zero-order chi connectivity index (χ0) is 15.3. The second-order valence-corrected chi connectivity index (χ2v) is 3.86. The maximum atomic E-state index is 12.3. The maximum Gasteiger partial charge on any atom is 0.406 e. The molecule has 5 nitrogen and oxygen atoms in total. The van der Waals surface area contributed by atoms with Crippen molar-refractivity contribution in [2.75, 3.05) is 13.1 Å². The van der Waals surface area contributed by atoms with E-state index >= 15 is 0 Å². The Hall–Kier alpha value is -2.56. The number of carbonyl (C=O) groups is 2. The molecule has 1 amide bonds. The van der Waals surface area contributed by atoms with Crippen molar-refractivity contribution >= 4 is 11.9 Å². The van der Waals surface area contributed by atoms with Crippen LogP contribution in [0.15, 0.2) is 24.3 Å². The van der Waals surface area contributed by atoms with Crippen LogP contribution in [0.3, 0.4) is 0 Å². The van der Waals surface area contributed by atoms with Gasteiger partial charge in [0.05, 0.1) is 11.6 Å². The molecule has 0 radical (unpaired) electrons. The Morgan fingerprint density at radius 2 is 1.80 bits per heavy atom. The van der Waals surface area contributed by atoms with Gasteiger partial charge in [0, 0.05) is 5.56 Å². The number of benzene rings is 1. The molecule has 0 heterocycles. The molecule has 1 aromatic rings. The highest BCUT2D eigenvalue weighted by molar-refractivity contribution is 5.96. The van der Waals surface area contributed by atoms with Crippen molar-refractivity contribution in [3.8, 4) is 6.07 Å². The van der Waals surface area contributed by atoms with Crippen LogP contribution < -0.4 is 0 Å². The fraction of sp³-hybridized carbons (Fsp3) is 0.250. The van der Waals surface area contributed by atoms with E-state index in [0.717, 1.165) is 0 Å². The first-order valence-corrected chi connectivity index (χ1v) is 5.31. The van der Waals surface area contributed by atoms with Gasteiger partial charge in [0.25, 0.3) is 5.91 Å². The van der Waals surface area contributed by atoms with Crippen molar-refractivity contribution in [1.82, 2.24) is 4.90 Å². The fourth-order valence-corrected chi connectivity index (χ4v) is 1.45. The molecule has 8 heteroatoms. The molecule has 0 aliphatic heterocycles. The Labute approximate surface area is 111 Å². The summed E-state index contributed by atoms with van der Waals surface area (Å²) >= 11 is 0. The lowest BCUT2D eigenvalue weighted by atomic mass is 10.1. The standard InChI is InChI=1S/C12H9F3N2O3/c13-12(14,15)7-17(6-10(18)19)11(20)9-3-1-8(5-16)2-4-9/h1-4H,6-7H2,(H,18,19). The number of carboxylic acid groups (broad SMARTS) is 1. The number of hydrogen-bond donors (Lipinski definition) is 1. The van der Waals surface area contributed by atoms with Crippen LogP contribution in [0.25, 0.3) is 0 Å². The van der Waals surface area contributed by atoms with Crippen molar-refractivity contribution in [2.24, 2.45) is 0 Å². The molecule has 0 aliphatic carbocycles. The second kappa shape index (κ2) is 6.06. The third kappa shape index (κ3) is 4.61. The number of carbonyl (C=O) groups excluding carboxylic acids is 1. The summed E-state index contributed by atoms with van der Waals surface area (Å²) in [7, 11) is 0. The van der Waals surface area contributed by atoms with E-state index in [-0.39, 0.29) is 16.0 Å². The quantitative estimate of drug-likeness (QED) is 0.912. The predicted octanol–water partition coefficient (Wildman–Crippen LogP) is 1.65. The zero-order valence-electron chi connectivity index (χ0n) is 10.0. The summed E-state index contributed by atoms with van der Waals surface area (Å²) in [5.41, 5.74) is 0.122. The third-order valence-electron chi connectivity index (χ3n) is 2.24. The van der Waals surface area contributed by atoms with Crippen molar-refractivity contribution in [3.05, 3.63) is 35.4 Å². The van der Waals surface area contributed by atoms with Gasteiger partial charge in [-0.2, -0.15) is 18.4 Å². The van der Waals surface area contributed by atoms with E-state index in [1.165, 1.54) is 24.3 Å². The van der Waals surface area contributed by atoms with Crippen molar-refractivity contribution < 1.29 is 27.9 Å². The van der Waals surface area contributed by atoms with Crippen LogP contribution in [0.5, 0.6) is 0 Å². The van der Waals surface area contributed by atoms with Crippen LogP contribution in [0.2, 0.25) is 0 Å². The molecule has 0 saturated carbocycles. The van der Waals surface area contributed by atoms with Gasteiger partial charge in [-0.05, 0) is 24.3 Å². The minimum absolute atomic E-state index is 0.116. The van der Waals surface area contributed by atoms with Gasteiger partial charge in [-0.25, -0.2) is 0 Å². The first-order chi connectivity index (χ1) is 9.23. The average Bonchev–Trinajstić information content (AvgIpc) is 2.35. The minimum Gasteiger partial charge on any atom is -0.480 e. The molecule has 0 bridgehead atoms. The molecule has 0 spiro atoms. The topological polar surface area (TPSA) is 81.4 Å². The first kappa shape index (κ1) is 15.5. The predicted molar refractivity (Wildman–Crippen MR) is 60.8 cm³/mol. The number of nitriles is 1. The van der Waals surface area contributed by atoms with Crippen molar-refractivity contribution in [2.45, 2.75) is 6.18 Å². The number of carboxylic acids is 1. The Balaban J connectivity index is 2.97. The van der Waals surface area contributed by atoms with E-state index in [1.807, 2.05) is 0 Å². The lowest BCUT2D eigenvalue weighted by molar-refractivity contribution is -0.149. The Morgan fingerprint density at radius 3 is 2.20 bits per heavy atom. The normalized spacial score (nSPS) is 10.7. The molecule has 0 aliphatic rings. The van der Waals surface area contributed by atoms with Gasteiger partial charge in [-0.15, -0.1) is 0 Å². The molecule has 1 N–H and O–H groups in total. The van der Waals surface area contributed by atoms with Gasteiger partial charge < -0.3 is 10.0 Å². The maximum absolute atomic E-state index is 12.3. The lowest BCUT2D eigenvalue weighted by Gasteiger charge is -2.22. The smallest absolute Gasteiger partial charge is 0.406 e. The second-order valence-electron chi connectivity index (χ2n) is 3.86. The molecule has 20 heavy (non-hydrogen) atoms. The summed E-state index contributed by atoms with van der Waals surface area (Å²) in [5.74, 6) is -2.61. The highest BCUT2D eigenvalue weighted by Crippen LogP contribution is 2.18. The number of halogens is 3. The summed E-state index contributed by atoms with van der Waals surface area (Å²) in [4.78, 5) is 22.5. The highest BCUT2D eigenvalue weighted by Gasteiger charge is 2.34. The molecule has 0 saturated heterocycles. The molecule has 106 valence electrons. The molecule has 1 aromatic carbocycles. The Morgan fingerprint density at radius 1 is 1.25 bits per heavy atom. The van der Waals surface area contributed by atoms with Gasteiger partial charge in [-0.1, -0.05) is 0 Å². The fourth-order valence-electron chi connectivity index (χ4n) is 1.45. The van der Waals surface area contributed by atoms with E-state index in [9.17, 15) is 22.8 Å². The van der Waals surface area contributed by atoms with Crippen LogP contribution in [-0.2, 0) is 4.79 Å².